The topological polar surface area (TPSA) is 53.7 Å². The molecule has 1 aromatic heterocycles. The van der Waals surface area contributed by atoms with Gasteiger partial charge in [0, 0.05) is 6.54 Å². The summed E-state index contributed by atoms with van der Waals surface area (Å²) in [7, 11) is 0. The first kappa shape index (κ1) is 14.3. The minimum Gasteiger partial charge on any atom is -0.478 e. The largest absolute Gasteiger partial charge is 0.478 e. The Labute approximate surface area is 116 Å². The van der Waals surface area contributed by atoms with E-state index in [2.05, 4.69) is 4.90 Å². The first-order valence-corrected chi connectivity index (χ1v) is 6.36. The Morgan fingerprint density at radius 1 is 1.35 bits per heavy atom. The quantitative estimate of drug-likeness (QED) is 0.881. The molecule has 0 aliphatic carbocycles. The van der Waals surface area contributed by atoms with Gasteiger partial charge in [-0.2, -0.15) is 0 Å². The zero-order valence-electron chi connectivity index (χ0n) is 11.2. The van der Waals surface area contributed by atoms with Crippen LogP contribution in [0.25, 0.3) is 0 Å². The van der Waals surface area contributed by atoms with E-state index < -0.39 is 11.8 Å². The molecular formula is C15H16FNO3. The molecule has 0 amide bonds. The minimum atomic E-state index is -1.25. The highest BCUT2D eigenvalue weighted by Gasteiger charge is 2.12. The second-order valence-electron chi connectivity index (χ2n) is 4.50. The Balaban J connectivity index is 2.07. The molecular weight excluding hydrogens is 261 g/mol. The first-order chi connectivity index (χ1) is 9.60. The molecule has 2 rings (SSSR count). The number of hydrogen-bond acceptors (Lipinski definition) is 3. The summed E-state index contributed by atoms with van der Waals surface area (Å²) in [5.74, 6) is -1.12. The molecule has 5 heteroatoms. The van der Waals surface area contributed by atoms with Crippen LogP contribution in [0.5, 0.6) is 0 Å². The van der Waals surface area contributed by atoms with Crippen molar-refractivity contribution < 1.29 is 18.7 Å². The van der Waals surface area contributed by atoms with Crippen LogP contribution in [0.3, 0.4) is 0 Å². The SMILES string of the molecule is CCN(Cc1ccc(C(=O)O)c(F)c1)Cc1ccco1. The van der Waals surface area contributed by atoms with Crippen molar-refractivity contribution in [3.8, 4) is 0 Å². The van der Waals surface area contributed by atoms with Crippen LogP contribution < -0.4 is 0 Å². The van der Waals surface area contributed by atoms with Crippen molar-refractivity contribution in [1.82, 2.24) is 4.90 Å². The van der Waals surface area contributed by atoms with E-state index in [4.69, 9.17) is 9.52 Å². The summed E-state index contributed by atoms with van der Waals surface area (Å²) in [6.45, 7) is 3.95. The zero-order chi connectivity index (χ0) is 14.5. The molecule has 0 spiro atoms. The highest BCUT2D eigenvalue weighted by atomic mass is 19.1. The molecule has 106 valence electrons. The van der Waals surface area contributed by atoms with Crippen LogP contribution in [0.2, 0.25) is 0 Å². The number of furan rings is 1. The molecule has 0 bridgehead atoms. The number of benzene rings is 1. The lowest BCUT2D eigenvalue weighted by molar-refractivity contribution is 0.0692. The molecule has 1 aromatic carbocycles. The molecule has 0 fully saturated rings. The van der Waals surface area contributed by atoms with Crippen LogP contribution in [-0.4, -0.2) is 22.5 Å². The third-order valence-electron chi connectivity index (χ3n) is 3.08. The maximum Gasteiger partial charge on any atom is 0.338 e. The fourth-order valence-corrected chi connectivity index (χ4v) is 1.99. The van der Waals surface area contributed by atoms with Gasteiger partial charge in [-0.3, -0.25) is 4.90 Å². The van der Waals surface area contributed by atoms with Gasteiger partial charge in [0.1, 0.15) is 11.6 Å². The smallest absolute Gasteiger partial charge is 0.338 e. The van der Waals surface area contributed by atoms with Crippen molar-refractivity contribution in [3.05, 3.63) is 59.3 Å². The van der Waals surface area contributed by atoms with Gasteiger partial charge < -0.3 is 9.52 Å². The van der Waals surface area contributed by atoms with Gasteiger partial charge in [0.25, 0.3) is 0 Å². The number of nitrogens with zero attached hydrogens (tertiary/aromatic N) is 1. The van der Waals surface area contributed by atoms with Gasteiger partial charge in [-0.25, -0.2) is 9.18 Å². The van der Waals surface area contributed by atoms with Crippen molar-refractivity contribution in [1.29, 1.82) is 0 Å². The molecule has 0 unspecified atom stereocenters. The van der Waals surface area contributed by atoms with Crippen molar-refractivity contribution in [2.75, 3.05) is 6.54 Å². The summed E-state index contributed by atoms with van der Waals surface area (Å²) in [4.78, 5) is 12.8. The minimum absolute atomic E-state index is 0.303. The number of hydrogen-bond donors (Lipinski definition) is 1. The summed E-state index contributed by atoms with van der Waals surface area (Å²) in [5, 5.41) is 8.79. The number of aromatic carboxylic acids is 1. The van der Waals surface area contributed by atoms with Crippen LogP contribution in [0.4, 0.5) is 4.39 Å². The summed E-state index contributed by atoms with van der Waals surface area (Å²) in [6.07, 6.45) is 1.62. The number of carboxylic acids is 1. The average molecular weight is 277 g/mol. The molecule has 0 atom stereocenters. The molecule has 0 radical (unpaired) electrons. The van der Waals surface area contributed by atoms with Crippen LogP contribution >= 0.6 is 0 Å². The molecule has 2 aromatic rings. The summed E-state index contributed by atoms with van der Waals surface area (Å²) < 4.78 is 18.9. The zero-order valence-corrected chi connectivity index (χ0v) is 11.2. The van der Waals surface area contributed by atoms with E-state index in [0.29, 0.717) is 13.1 Å². The predicted molar refractivity (Wildman–Crippen MR) is 71.9 cm³/mol. The number of rotatable bonds is 6. The van der Waals surface area contributed by atoms with E-state index in [9.17, 15) is 9.18 Å². The van der Waals surface area contributed by atoms with Gasteiger partial charge in [-0.15, -0.1) is 0 Å². The van der Waals surface area contributed by atoms with Gasteiger partial charge in [0.05, 0.1) is 18.4 Å². The van der Waals surface area contributed by atoms with E-state index in [1.165, 1.54) is 12.1 Å². The summed E-state index contributed by atoms with van der Waals surface area (Å²) >= 11 is 0. The Kier molecular flexibility index (Phi) is 4.53. The standard InChI is InChI=1S/C15H16FNO3/c1-2-17(10-12-4-3-7-20-12)9-11-5-6-13(15(18)19)14(16)8-11/h3-8H,2,9-10H2,1H3,(H,18,19). The van der Waals surface area contributed by atoms with Gasteiger partial charge >= 0.3 is 5.97 Å². The van der Waals surface area contributed by atoms with Gasteiger partial charge in [0.2, 0.25) is 0 Å². The maximum absolute atomic E-state index is 13.6. The lowest BCUT2D eigenvalue weighted by Gasteiger charge is -2.19. The fourth-order valence-electron chi connectivity index (χ4n) is 1.99. The van der Waals surface area contributed by atoms with Crippen molar-refractivity contribution >= 4 is 5.97 Å². The van der Waals surface area contributed by atoms with Crippen molar-refractivity contribution in [2.24, 2.45) is 0 Å². The maximum atomic E-state index is 13.6. The number of halogens is 1. The van der Waals surface area contributed by atoms with Crippen LogP contribution in [0.15, 0.2) is 41.0 Å². The molecule has 0 saturated heterocycles. The van der Waals surface area contributed by atoms with Gasteiger partial charge in [-0.1, -0.05) is 13.0 Å². The number of carbonyl (C=O) groups is 1. The summed E-state index contributed by atoms with van der Waals surface area (Å²) in [5.41, 5.74) is 0.434. The second kappa shape index (κ2) is 6.34. The van der Waals surface area contributed by atoms with E-state index in [1.807, 2.05) is 19.1 Å². The van der Waals surface area contributed by atoms with E-state index in [1.54, 1.807) is 12.3 Å². The summed E-state index contributed by atoms with van der Waals surface area (Å²) in [6, 6.07) is 7.92. The van der Waals surface area contributed by atoms with E-state index >= 15 is 0 Å². The predicted octanol–water partition coefficient (Wildman–Crippen LogP) is 3.14. The molecule has 0 aliphatic rings. The Bertz CT molecular complexity index is 581. The lowest BCUT2D eigenvalue weighted by Crippen LogP contribution is -2.22. The van der Waals surface area contributed by atoms with Crippen molar-refractivity contribution in [2.45, 2.75) is 20.0 Å². The third kappa shape index (κ3) is 3.45. The lowest BCUT2D eigenvalue weighted by atomic mass is 10.1. The van der Waals surface area contributed by atoms with Gasteiger partial charge in [0.15, 0.2) is 0 Å². The van der Waals surface area contributed by atoms with Crippen LogP contribution in [-0.2, 0) is 13.1 Å². The third-order valence-corrected chi connectivity index (χ3v) is 3.08. The Morgan fingerprint density at radius 3 is 2.70 bits per heavy atom. The highest BCUT2D eigenvalue weighted by molar-refractivity contribution is 5.87. The average Bonchev–Trinajstić information content (AvgIpc) is 2.90. The Morgan fingerprint density at radius 2 is 2.15 bits per heavy atom. The van der Waals surface area contributed by atoms with E-state index in [-0.39, 0.29) is 5.56 Å². The highest BCUT2D eigenvalue weighted by Crippen LogP contribution is 2.14. The van der Waals surface area contributed by atoms with Gasteiger partial charge in [-0.05, 0) is 36.4 Å². The van der Waals surface area contributed by atoms with Crippen molar-refractivity contribution in [3.63, 3.8) is 0 Å². The van der Waals surface area contributed by atoms with Crippen LogP contribution in [0, 0.1) is 5.82 Å². The second-order valence-corrected chi connectivity index (χ2v) is 4.50. The fraction of sp³-hybridized carbons (Fsp3) is 0.267. The molecule has 20 heavy (non-hydrogen) atoms. The first-order valence-electron chi connectivity index (χ1n) is 6.36. The molecule has 1 heterocycles. The molecule has 0 aliphatic heterocycles. The molecule has 0 saturated carbocycles. The normalized spacial score (nSPS) is 10.9. The molecule has 1 N–H and O–H groups in total. The van der Waals surface area contributed by atoms with Crippen LogP contribution in [0.1, 0.15) is 28.6 Å². The number of carboxylic acid groups (broad SMARTS) is 1. The molecule has 4 nitrogen and oxygen atoms in total. The van der Waals surface area contributed by atoms with E-state index in [0.717, 1.165) is 17.9 Å². The monoisotopic (exact) mass is 277 g/mol. The Hall–Kier alpha value is -2.14.